The summed E-state index contributed by atoms with van der Waals surface area (Å²) in [5.74, 6) is -0.156. The average molecular weight is 356 g/mol. The molecule has 0 spiro atoms. The lowest BCUT2D eigenvalue weighted by molar-refractivity contribution is -0.118. The highest BCUT2D eigenvalue weighted by Gasteiger charge is 2.62. The van der Waals surface area contributed by atoms with Gasteiger partial charge in [0.1, 0.15) is 0 Å². The fourth-order valence-corrected chi connectivity index (χ4v) is 5.90. The van der Waals surface area contributed by atoms with Crippen molar-refractivity contribution in [3.8, 4) is 0 Å². The van der Waals surface area contributed by atoms with E-state index < -0.39 is 16.9 Å². The van der Waals surface area contributed by atoms with Crippen LogP contribution in [-0.2, 0) is 10.8 Å². The highest BCUT2D eigenvalue weighted by atomic mass is 16.8. The van der Waals surface area contributed by atoms with Crippen LogP contribution in [-0.4, -0.2) is 16.5 Å². The lowest BCUT2D eigenvalue weighted by atomic mass is 9.43. The lowest BCUT2D eigenvalue weighted by Gasteiger charge is -2.64. The van der Waals surface area contributed by atoms with Crippen molar-refractivity contribution in [2.45, 2.75) is 36.6 Å². The molecule has 3 aliphatic carbocycles. The summed E-state index contributed by atoms with van der Waals surface area (Å²) < 4.78 is 0. The minimum absolute atomic E-state index is 0.156. The zero-order valence-corrected chi connectivity index (χ0v) is 15.5. The van der Waals surface area contributed by atoms with Crippen molar-refractivity contribution < 1.29 is 5.21 Å². The van der Waals surface area contributed by atoms with Gasteiger partial charge in [0.2, 0.25) is 0 Å². The Morgan fingerprint density at radius 3 is 1.56 bits per heavy atom. The van der Waals surface area contributed by atoms with E-state index in [1.807, 2.05) is 30.3 Å². The van der Waals surface area contributed by atoms with E-state index in [4.69, 9.17) is 0 Å². The second kappa shape index (κ2) is 5.52. The Morgan fingerprint density at radius 2 is 1.11 bits per heavy atom. The normalized spacial score (nSPS) is 30.9. The first-order valence-corrected chi connectivity index (χ1v) is 9.41. The van der Waals surface area contributed by atoms with Crippen LogP contribution in [0, 0.1) is 5.21 Å². The molecule has 2 bridgehead atoms. The monoisotopic (exact) mass is 356 g/mol. The van der Waals surface area contributed by atoms with Crippen molar-refractivity contribution in [1.82, 2.24) is 5.23 Å². The summed E-state index contributed by atoms with van der Waals surface area (Å²) in [6.45, 7) is 4.32. The number of hydrogen-bond acceptors (Lipinski definition) is 3. The second-order valence-electron chi connectivity index (χ2n) is 8.13. The molecule has 0 fully saturated rings. The molecule has 1 N–H and O–H groups in total. The first kappa shape index (κ1) is 16.7. The van der Waals surface area contributed by atoms with Gasteiger partial charge in [0.15, 0.2) is 0 Å². The predicted molar refractivity (Wildman–Crippen MR) is 106 cm³/mol. The Labute approximate surface area is 159 Å². The third kappa shape index (κ3) is 1.91. The van der Waals surface area contributed by atoms with Crippen LogP contribution in [0.25, 0.3) is 0 Å². The van der Waals surface area contributed by atoms with Crippen LogP contribution in [0.5, 0.6) is 0 Å². The molecule has 3 nitrogen and oxygen atoms in total. The molecule has 0 amide bonds. The maximum Gasteiger partial charge on any atom is 0.0432 e. The van der Waals surface area contributed by atoms with Gasteiger partial charge in [0.05, 0.1) is 0 Å². The molecular formula is C24H22NO2-. The van der Waals surface area contributed by atoms with Gasteiger partial charge in [0, 0.05) is 22.8 Å². The smallest absolute Gasteiger partial charge is 0.0432 e. The van der Waals surface area contributed by atoms with Crippen molar-refractivity contribution in [3.05, 3.63) is 112 Å². The van der Waals surface area contributed by atoms with Gasteiger partial charge in [-0.25, -0.2) is 0 Å². The molecule has 3 aromatic carbocycles. The molecule has 2 atom stereocenters. The van der Waals surface area contributed by atoms with E-state index in [1.165, 1.54) is 11.1 Å². The van der Waals surface area contributed by atoms with Gasteiger partial charge in [-0.1, -0.05) is 85.8 Å². The molecular weight excluding hydrogens is 334 g/mol. The summed E-state index contributed by atoms with van der Waals surface area (Å²) in [6, 6.07) is 26.3. The van der Waals surface area contributed by atoms with E-state index in [2.05, 4.69) is 62.4 Å². The average Bonchev–Trinajstić information content (AvgIpc) is 2.70. The molecule has 27 heavy (non-hydrogen) atoms. The first-order chi connectivity index (χ1) is 13.0. The van der Waals surface area contributed by atoms with Gasteiger partial charge < -0.3 is 10.4 Å². The van der Waals surface area contributed by atoms with E-state index in [0.717, 1.165) is 16.7 Å². The van der Waals surface area contributed by atoms with E-state index in [-0.39, 0.29) is 11.1 Å². The molecule has 0 radical (unpaired) electrons. The van der Waals surface area contributed by atoms with Crippen LogP contribution in [0.3, 0.4) is 0 Å². The molecule has 0 saturated carbocycles. The highest BCUT2D eigenvalue weighted by Crippen LogP contribution is 2.65. The number of rotatable bonds is 2. The summed E-state index contributed by atoms with van der Waals surface area (Å²) in [5.41, 5.74) is 4.85. The number of fused-ring (bicyclic) bond motifs is 1. The van der Waals surface area contributed by atoms with Crippen molar-refractivity contribution in [2.75, 3.05) is 0 Å². The minimum atomic E-state index is -0.602. The SMILES string of the molecule is CC12c3ccccc3C(C)(c3ccccc31)C(N([O-])O)C2c1ccccc1. The van der Waals surface area contributed by atoms with Crippen LogP contribution < -0.4 is 0 Å². The Balaban J connectivity index is 1.94. The van der Waals surface area contributed by atoms with Crippen LogP contribution >= 0.6 is 0 Å². The zero-order chi connectivity index (χ0) is 18.8. The van der Waals surface area contributed by atoms with Crippen LogP contribution in [0.2, 0.25) is 0 Å². The standard InChI is InChI=1S/C24H22NO2/c1-23-17-12-6-8-14-19(17)24(2,20-15-9-7-13-18(20)23)22(25(26)27)21(23)16-10-4-3-5-11-16/h3-15,21-22,26H,1-2H3/q-1. The Hall–Kier alpha value is -2.46. The molecule has 6 rings (SSSR count). The van der Waals surface area contributed by atoms with Crippen LogP contribution in [0.1, 0.15) is 47.6 Å². The number of hydroxylamine groups is 2. The van der Waals surface area contributed by atoms with E-state index >= 15 is 0 Å². The Morgan fingerprint density at radius 1 is 0.704 bits per heavy atom. The molecule has 0 saturated heterocycles. The first-order valence-electron chi connectivity index (χ1n) is 9.41. The fourth-order valence-electron chi connectivity index (χ4n) is 5.90. The fraction of sp³-hybridized carbons (Fsp3) is 0.250. The van der Waals surface area contributed by atoms with Gasteiger partial charge in [-0.2, -0.15) is 0 Å². The van der Waals surface area contributed by atoms with E-state index in [9.17, 15) is 10.4 Å². The molecule has 0 heterocycles. The Kier molecular flexibility index (Phi) is 3.41. The van der Waals surface area contributed by atoms with Crippen molar-refractivity contribution in [1.29, 1.82) is 0 Å². The molecule has 2 unspecified atom stereocenters. The van der Waals surface area contributed by atoms with E-state index in [0.29, 0.717) is 0 Å². The third-order valence-electron chi connectivity index (χ3n) is 7.02. The van der Waals surface area contributed by atoms with E-state index in [1.54, 1.807) is 0 Å². The molecule has 3 aliphatic rings. The lowest BCUT2D eigenvalue weighted by Crippen LogP contribution is -2.63. The Bertz CT molecular complexity index is 964. The van der Waals surface area contributed by atoms with Gasteiger partial charge in [-0.15, -0.1) is 0 Å². The van der Waals surface area contributed by atoms with Gasteiger partial charge in [-0.3, -0.25) is 5.23 Å². The van der Waals surface area contributed by atoms with Crippen LogP contribution in [0.4, 0.5) is 0 Å². The van der Waals surface area contributed by atoms with Gasteiger partial charge in [-0.05, 0) is 34.7 Å². The van der Waals surface area contributed by atoms with Gasteiger partial charge >= 0.3 is 0 Å². The third-order valence-corrected chi connectivity index (χ3v) is 7.02. The molecule has 0 aliphatic heterocycles. The maximum atomic E-state index is 12.6. The summed E-state index contributed by atoms with van der Waals surface area (Å²) in [5, 5.41) is 23.2. The molecule has 3 aromatic rings. The largest absolute Gasteiger partial charge is 0.762 e. The summed E-state index contributed by atoms with van der Waals surface area (Å²) in [6.07, 6.45) is 0. The second-order valence-corrected chi connectivity index (χ2v) is 8.13. The summed E-state index contributed by atoms with van der Waals surface area (Å²) in [4.78, 5) is 0. The minimum Gasteiger partial charge on any atom is -0.762 e. The molecule has 136 valence electrons. The van der Waals surface area contributed by atoms with Crippen LogP contribution in [0.15, 0.2) is 78.9 Å². The number of benzene rings is 3. The topological polar surface area (TPSA) is 46.5 Å². The summed E-state index contributed by atoms with van der Waals surface area (Å²) >= 11 is 0. The summed E-state index contributed by atoms with van der Waals surface area (Å²) in [7, 11) is 0. The number of hydrogen-bond donors (Lipinski definition) is 1. The van der Waals surface area contributed by atoms with Crippen molar-refractivity contribution >= 4 is 0 Å². The van der Waals surface area contributed by atoms with Crippen molar-refractivity contribution in [3.63, 3.8) is 0 Å². The predicted octanol–water partition coefficient (Wildman–Crippen LogP) is 4.97. The number of nitrogens with zero attached hydrogens (tertiary/aromatic N) is 1. The quantitative estimate of drug-likeness (QED) is 0.660. The highest BCUT2D eigenvalue weighted by molar-refractivity contribution is 5.66. The molecule has 3 heteroatoms. The van der Waals surface area contributed by atoms with Crippen molar-refractivity contribution in [2.24, 2.45) is 0 Å². The zero-order valence-electron chi connectivity index (χ0n) is 15.5. The van der Waals surface area contributed by atoms with Gasteiger partial charge in [0.25, 0.3) is 0 Å². The maximum absolute atomic E-state index is 12.6. The molecule has 0 aromatic heterocycles.